The zero-order chi connectivity index (χ0) is 22.1. The topological polar surface area (TPSA) is 68.2 Å². The molecule has 2 aromatic carbocycles. The van der Waals surface area contributed by atoms with E-state index < -0.39 is 18.3 Å². The van der Waals surface area contributed by atoms with Crippen molar-refractivity contribution >= 4 is 11.6 Å². The zero-order valence-electron chi connectivity index (χ0n) is 18.1. The summed E-state index contributed by atoms with van der Waals surface area (Å²) in [6.07, 6.45) is 2.39. The van der Waals surface area contributed by atoms with Crippen molar-refractivity contribution in [2.24, 2.45) is 0 Å². The standard InChI is InChI=1S/C25H33ClO5/c1-29-21-12-8-19(9-13-21)5-3-15-31-24-17-22(16-23(27)25(24)28)30-14-2-4-18-6-10-20(26)11-7-18/h6-13,22-25,27-28H,2-5,14-17H2,1H3/t22-,23-,24+,25+/m0/s1. The highest BCUT2D eigenvalue weighted by Crippen LogP contribution is 2.25. The Balaban J connectivity index is 1.36. The van der Waals surface area contributed by atoms with Gasteiger partial charge in [0.2, 0.25) is 0 Å². The Morgan fingerprint density at radius 1 is 0.839 bits per heavy atom. The van der Waals surface area contributed by atoms with Gasteiger partial charge in [-0.3, -0.25) is 0 Å². The highest BCUT2D eigenvalue weighted by Gasteiger charge is 2.36. The highest BCUT2D eigenvalue weighted by atomic mass is 35.5. The summed E-state index contributed by atoms with van der Waals surface area (Å²) in [5, 5.41) is 21.3. The molecule has 2 aromatic rings. The van der Waals surface area contributed by atoms with Crippen LogP contribution in [0.3, 0.4) is 0 Å². The van der Waals surface area contributed by atoms with E-state index in [0.717, 1.165) is 36.5 Å². The molecule has 5 nitrogen and oxygen atoms in total. The predicted molar refractivity (Wildman–Crippen MR) is 122 cm³/mol. The van der Waals surface area contributed by atoms with Crippen molar-refractivity contribution < 1.29 is 24.4 Å². The van der Waals surface area contributed by atoms with Gasteiger partial charge in [0.05, 0.1) is 25.4 Å². The summed E-state index contributed by atoms with van der Waals surface area (Å²) in [5.41, 5.74) is 2.45. The van der Waals surface area contributed by atoms with Crippen LogP contribution in [-0.4, -0.2) is 55.0 Å². The molecule has 0 bridgehead atoms. The average Bonchev–Trinajstić information content (AvgIpc) is 2.79. The number of hydrogen-bond acceptors (Lipinski definition) is 5. The largest absolute Gasteiger partial charge is 0.497 e. The van der Waals surface area contributed by atoms with Gasteiger partial charge in [0.1, 0.15) is 11.9 Å². The molecule has 0 spiro atoms. The maximum absolute atomic E-state index is 10.3. The summed E-state index contributed by atoms with van der Waals surface area (Å²) in [4.78, 5) is 0. The van der Waals surface area contributed by atoms with Crippen LogP contribution in [0, 0.1) is 0 Å². The number of aliphatic hydroxyl groups is 2. The summed E-state index contributed by atoms with van der Waals surface area (Å²) in [5.74, 6) is 0.846. The fraction of sp³-hybridized carbons (Fsp3) is 0.520. The van der Waals surface area contributed by atoms with Crippen LogP contribution in [0.15, 0.2) is 48.5 Å². The van der Waals surface area contributed by atoms with Gasteiger partial charge in [0.15, 0.2) is 0 Å². The fourth-order valence-electron chi connectivity index (χ4n) is 3.93. The van der Waals surface area contributed by atoms with Gasteiger partial charge in [0.25, 0.3) is 0 Å². The molecule has 0 aliphatic heterocycles. The van der Waals surface area contributed by atoms with Crippen LogP contribution < -0.4 is 4.74 Å². The van der Waals surface area contributed by atoms with E-state index in [1.165, 1.54) is 11.1 Å². The van der Waals surface area contributed by atoms with Gasteiger partial charge in [-0.1, -0.05) is 35.9 Å². The number of halogens is 1. The van der Waals surface area contributed by atoms with Crippen molar-refractivity contribution in [1.82, 2.24) is 0 Å². The lowest BCUT2D eigenvalue weighted by molar-refractivity contribution is -0.150. The Morgan fingerprint density at radius 3 is 2.03 bits per heavy atom. The molecule has 4 atom stereocenters. The third kappa shape index (κ3) is 7.78. The van der Waals surface area contributed by atoms with Gasteiger partial charge in [-0.2, -0.15) is 0 Å². The molecule has 0 aromatic heterocycles. The summed E-state index contributed by atoms with van der Waals surface area (Å²) in [6, 6.07) is 15.8. The van der Waals surface area contributed by atoms with E-state index in [0.29, 0.717) is 26.1 Å². The summed E-state index contributed by atoms with van der Waals surface area (Å²) in [7, 11) is 1.66. The van der Waals surface area contributed by atoms with Crippen LogP contribution in [0.2, 0.25) is 5.02 Å². The van der Waals surface area contributed by atoms with Gasteiger partial charge >= 0.3 is 0 Å². The predicted octanol–water partition coefficient (Wildman–Crippen LogP) is 4.20. The van der Waals surface area contributed by atoms with Crippen molar-refractivity contribution in [1.29, 1.82) is 0 Å². The van der Waals surface area contributed by atoms with Gasteiger partial charge in [-0.25, -0.2) is 0 Å². The molecule has 170 valence electrons. The van der Waals surface area contributed by atoms with E-state index in [2.05, 4.69) is 0 Å². The van der Waals surface area contributed by atoms with Crippen LogP contribution in [0.25, 0.3) is 0 Å². The number of hydrogen-bond donors (Lipinski definition) is 2. The lowest BCUT2D eigenvalue weighted by Crippen LogP contribution is -2.48. The Bertz CT molecular complexity index is 764. The Kier molecular flexibility index (Phi) is 9.62. The molecule has 1 aliphatic rings. The third-order valence-corrected chi connectivity index (χ3v) is 6.00. The van der Waals surface area contributed by atoms with Crippen molar-refractivity contribution in [3.05, 3.63) is 64.7 Å². The van der Waals surface area contributed by atoms with Gasteiger partial charge in [-0.05, 0) is 61.1 Å². The minimum atomic E-state index is -0.866. The number of ether oxygens (including phenoxy) is 3. The number of aliphatic hydroxyl groups excluding tert-OH is 2. The smallest absolute Gasteiger partial charge is 0.118 e. The summed E-state index contributed by atoms with van der Waals surface area (Å²) in [6.45, 7) is 1.14. The molecular weight excluding hydrogens is 416 g/mol. The molecule has 0 heterocycles. The maximum Gasteiger partial charge on any atom is 0.118 e. The van der Waals surface area contributed by atoms with Crippen molar-refractivity contribution in [3.63, 3.8) is 0 Å². The maximum atomic E-state index is 10.3. The third-order valence-electron chi connectivity index (χ3n) is 5.75. The van der Waals surface area contributed by atoms with E-state index in [1.54, 1.807) is 7.11 Å². The van der Waals surface area contributed by atoms with Crippen molar-refractivity contribution in [3.8, 4) is 5.75 Å². The molecule has 2 N–H and O–H groups in total. The molecule has 1 saturated carbocycles. The van der Waals surface area contributed by atoms with Crippen molar-refractivity contribution in [2.75, 3.05) is 20.3 Å². The van der Waals surface area contributed by atoms with E-state index in [1.807, 2.05) is 48.5 Å². The van der Waals surface area contributed by atoms with Gasteiger partial charge < -0.3 is 24.4 Å². The summed E-state index contributed by atoms with van der Waals surface area (Å²) >= 11 is 5.92. The minimum absolute atomic E-state index is 0.102. The van der Waals surface area contributed by atoms with Gasteiger partial charge in [-0.15, -0.1) is 0 Å². The van der Waals surface area contributed by atoms with Crippen molar-refractivity contribution in [2.45, 2.75) is 62.9 Å². The van der Waals surface area contributed by atoms with Crippen LogP contribution in [-0.2, 0) is 22.3 Å². The normalized spacial score (nSPS) is 23.6. The van der Waals surface area contributed by atoms with E-state index in [-0.39, 0.29) is 6.10 Å². The number of benzene rings is 2. The number of aryl methyl sites for hydroxylation is 2. The average molecular weight is 449 g/mol. The number of methoxy groups -OCH3 is 1. The first kappa shape index (κ1) is 24.0. The first-order valence-electron chi connectivity index (χ1n) is 11.0. The van der Waals surface area contributed by atoms with Crippen LogP contribution in [0.1, 0.15) is 36.8 Å². The fourth-order valence-corrected chi connectivity index (χ4v) is 4.06. The van der Waals surface area contributed by atoms with E-state index >= 15 is 0 Å². The molecule has 31 heavy (non-hydrogen) atoms. The molecule has 0 unspecified atom stereocenters. The second kappa shape index (κ2) is 12.4. The Morgan fingerprint density at radius 2 is 1.42 bits per heavy atom. The summed E-state index contributed by atoms with van der Waals surface area (Å²) < 4.78 is 17.1. The molecule has 3 rings (SSSR count). The Labute approximate surface area is 189 Å². The van der Waals surface area contributed by atoms with E-state index in [9.17, 15) is 10.2 Å². The lowest BCUT2D eigenvalue weighted by Gasteiger charge is -2.36. The van der Waals surface area contributed by atoms with Crippen LogP contribution >= 0.6 is 11.6 Å². The number of rotatable bonds is 11. The molecular formula is C25H33ClO5. The monoisotopic (exact) mass is 448 g/mol. The lowest BCUT2D eigenvalue weighted by atomic mass is 9.89. The quantitative estimate of drug-likeness (QED) is 0.504. The zero-order valence-corrected chi connectivity index (χ0v) is 18.8. The molecule has 0 amide bonds. The van der Waals surface area contributed by atoms with Crippen LogP contribution in [0.4, 0.5) is 0 Å². The molecule has 0 saturated heterocycles. The minimum Gasteiger partial charge on any atom is -0.497 e. The molecule has 0 radical (unpaired) electrons. The molecule has 6 heteroatoms. The molecule has 1 aliphatic carbocycles. The molecule has 1 fully saturated rings. The second-order valence-electron chi connectivity index (χ2n) is 8.11. The first-order chi connectivity index (χ1) is 15.0. The van der Waals surface area contributed by atoms with Crippen LogP contribution in [0.5, 0.6) is 5.75 Å². The highest BCUT2D eigenvalue weighted by molar-refractivity contribution is 6.30. The Hall–Kier alpha value is -1.63. The SMILES string of the molecule is COc1ccc(CCCO[C@@H]2C[C@@H](OCCCc3ccc(Cl)cc3)C[C@H](O)[C@H]2O)cc1. The second-order valence-corrected chi connectivity index (χ2v) is 8.55. The van der Waals surface area contributed by atoms with E-state index in [4.69, 9.17) is 25.8 Å². The first-order valence-corrected chi connectivity index (χ1v) is 11.4. The van der Waals surface area contributed by atoms with Gasteiger partial charge in [0, 0.05) is 31.1 Å².